The van der Waals surface area contributed by atoms with Gasteiger partial charge in [-0.05, 0) is 24.7 Å². The highest BCUT2D eigenvalue weighted by Gasteiger charge is 2.27. The third-order valence-electron chi connectivity index (χ3n) is 4.06. The fourth-order valence-electron chi connectivity index (χ4n) is 2.96. The Bertz CT molecular complexity index is 373. The lowest BCUT2D eigenvalue weighted by Gasteiger charge is -2.35. The molecular formula is C14H25N3O2S. The van der Waals surface area contributed by atoms with Crippen molar-refractivity contribution in [2.24, 2.45) is 11.8 Å². The molecule has 0 saturated heterocycles. The fourth-order valence-corrected chi connectivity index (χ4v) is 3.32. The quantitative estimate of drug-likeness (QED) is 0.807. The predicted octanol–water partition coefficient (Wildman–Crippen LogP) is 2.08. The third kappa shape index (κ3) is 4.68. The van der Waals surface area contributed by atoms with Crippen LogP contribution in [0.4, 0.5) is 0 Å². The zero-order chi connectivity index (χ0) is 14.4. The van der Waals surface area contributed by atoms with E-state index in [0.29, 0.717) is 24.4 Å². The first-order chi connectivity index (χ1) is 9.66. The standard InChI is InChI=1S/C14H25N3O2S/c1-10(2)12-5-3-4-6-13(12)15-7-11(18)9-19-14-8-16-20-17-14/h8,10-13,15,18H,3-7,9H2,1-2H3. The molecule has 1 aromatic heterocycles. The van der Waals surface area contributed by atoms with E-state index in [1.807, 2.05) is 0 Å². The summed E-state index contributed by atoms with van der Waals surface area (Å²) in [4.78, 5) is 0. The highest BCUT2D eigenvalue weighted by molar-refractivity contribution is 6.99. The van der Waals surface area contributed by atoms with E-state index in [4.69, 9.17) is 4.74 Å². The molecule has 0 bridgehead atoms. The van der Waals surface area contributed by atoms with Crippen molar-refractivity contribution >= 4 is 11.7 Å². The number of hydrogen-bond donors (Lipinski definition) is 2. The highest BCUT2D eigenvalue weighted by Crippen LogP contribution is 2.30. The molecular weight excluding hydrogens is 274 g/mol. The smallest absolute Gasteiger partial charge is 0.245 e. The lowest BCUT2D eigenvalue weighted by Crippen LogP contribution is -2.45. The van der Waals surface area contributed by atoms with Crippen molar-refractivity contribution in [3.05, 3.63) is 6.20 Å². The Labute approximate surface area is 125 Å². The summed E-state index contributed by atoms with van der Waals surface area (Å²) in [6, 6.07) is 0.527. The van der Waals surface area contributed by atoms with Crippen LogP contribution in [0, 0.1) is 11.8 Å². The number of hydrogen-bond acceptors (Lipinski definition) is 6. The molecule has 1 heterocycles. The van der Waals surface area contributed by atoms with Crippen LogP contribution in [-0.2, 0) is 0 Å². The molecule has 3 unspecified atom stereocenters. The molecule has 0 amide bonds. The number of aliphatic hydroxyl groups excluding tert-OH is 1. The molecule has 5 nitrogen and oxygen atoms in total. The average molecular weight is 299 g/mol. The highest BCUT2D eigenvalue weighted by atomic mass is 32.1. The summed E-state index contributed by atoms with van der Waals surface area (Å²) in [6.07, 6.45) is 6.20. The van der Waals surface area contributed by atoms with E-state index >= 15 is 0 Å². The molecule has 1 aliphatic carbocycles. The van der Waals surface area contributed by atoms with E-state index in [1.54, 1.807) is 6.20 Å². The zero-order valence-electron chi connectivity index (χ0n) is 12.3. The van der Waals surface area contributed by atoms with Crippen LogP contribution < -0.4 is 10.1 Å². The summed E-state index contributed by atoms with van der Waals surface area (Å²) in [6.45, 7) is 5.42. The summed E-state index contributed by atoms with van der Waals surface area (Å²) in [5.74, 6) is 1.91. The number of aromatic nitrogens is 2. The van der Waals surface area contributed by atoms with Crippen LogP contribution in [0.25, 0.3) is 0 Å². The summed E-state index contributed by atoms with van der Waals surface area (Å²) < 4.78 is 13.2. The topological polar surface area (TPSA) is 67.3 Å². The lowest BCUT2D eigenvalue weighted by atomic mass is 9.78. The Morgan fingerprint density at radius 3 is 2.95 bits per heavy atom. The van der Waals surface area contributed by atoms with Crippen molar-refractivity contribution in [3.63, 3.8) is 0 Å². The van der Waals surface area contributed by atoms with E-state index < -0.39 is 6.10 Å². The first kappa shape index (κ1) is 15.7. The first-order valence-electron chi connectivity index (χ1n) is 7.48. The molecule has 6 heteroatoms. The molecule has 1 aliphatic rings. The summed E-state index contributed by atoms with van der Waals surface area (Å²) >= 11 is 1.11. The predicted molar refractivity (Wildman–Crippen MR) is 80.0 cm³/mol. The summed E-state index contributed by atoms with van der Waals surface area (Å²) in [5.41, 5.74) is 0. The van der Waals surface area contributed by atoms with Crippen molar-refractivity contribution in [2.75, 3.05) is 13.2 Å². The first-order valence-corrected chi connectivity index (χ1v) is 8.21. The minimum atomic E-state index is -0.508. The van der Waals surface area contributed by atoms with Gasteiger partial charge >= 0.3 is 0 Å². The van der Waals surface area contributed by atoms with Crippen LogP contribution in [0.15, 0.2) is 6.20 Å². The van der Waals surface area contributed by atoms with Gasteiger partial charge in [-0.25, -0.2) is 0 Å². The molecule has 20 heavy (non-hydrogen) atoms. The van der Waals surface area contributed by atoms with Crippen LogP contribution in [0.3, 0.4) is 0 Å². The van der Waals surface area contributed by atoms with Gasteiger partial charge in [0.25, 0.3) is 0 Å². The van der Waals surface area contributed by atoms with Gasteiger partial charge < -0.3 is 15.2 Å². The third-order valence-corrected chi connectivity index (χ3v) is 4.52. The van der Waals surface area contributed by atoms with E-state index in [2.05, 4.69) is 27.9 Å². The maximum Gasteiger partial charge on any atom is 0.245 e. The van der Waals surface area contributed by atoms with Crippen LogP contribution in [-0.4, -0.2) is 39.2 Å². The molecule has 0 aromatic carbocycles. The summed E-state index contributed by atoms with van der Waals surface area (Å²) in [5, 5.41) is 13.5. The van der Waals surface area contributed by atoms with Crippen LogP contribution in [0.1, 0.15) is 39.5 Å². The largest absolute Gasteiger partial charge is 0.473 e. The molecule has 1 fully saturated rings. The van der Waals surface area contributed by atoms with Gasteiger partial charge in [0.1, 0.15) is 18.9 Å². The SMILES string of the molecule is CC(C)C1CCCCC1NCC(O)COc1cnsn1. The Hall–Kier alpha value is -0.720. The van der Waals surface area contributed by atoms with Gasteiger partial charge in [0.15, 0.2) is 0 Å². The Morgan fingerprint density at radius 2 is 2.25 bits per heavy atom. The second kappa shape index (κ2) is 7.90. The second-order valence-corrected chi connectivity index (χ2v) is 6.47. The van der Waals surface area contributed by atoms with E-state index in [0.717, 1.165) is 17.6 Å². The van der Waals surface area contributed by atoms with Gasteiger partial charge in [-0.1, -0.05) is 26.7 Å². The van der Waals surface area contributed by atoms with Gasteiger partial charge in [-0.3, -0.25) is 0 Å². The fraction of sp³-hybridized carbons (Fsp3) is 0.857. The van der Waals surface area contributed by atoms with Crippen LogP contribution >= 0.6 is 11.7 Å². The van der Waals surface area contributed by atoms with Gasteiger partial charge in [-0.2, -0.15) is 4.37 Å². The molecule has 114 valence electrons. The van der Waals surface area contributed by atoms with E-state index in [1.165, 1.54) is 25.7 Å². The van der Waals surface area contributed by atoms with E-state index in [9.17, 15) is 5.11 Å². The van der Waals surface area contributed by atoms with Gasteiger partial charge in [0.2, 0.25) is 5.88 Å². The Kier molecular flexibility index (Phi) is 6.19. The molecule has 2 rings (SSSR count). The molecule has 1 saturated carbocycles. The number of rotatable bonds is 7. The minimum absolute atomic E-state index is 0.261. The average Bonchev–Trinajstić information content (AvgIpc) is 2.96. The van der Waals surface area contributed by atoms with E-state index in [-0.39, 0.29) is 6.61 Å². The van der Waals surface area contributed by atoms with Gasteiger partial charge in [0.05, 0.1) is 11.7 Å². The molecule has 0 radical (unpaired) electrons. The lowest BCUT2D eigenvalue weighted by molar-refractivity contribution is 0.0926. The molecule has 3 atom stereocenters. The van der Waals surface area contributed by atoms with Crippen LogP contribution in [0.2, 0.25) is 0 Å². The Balaban J connectivity index is 1.70. The molecule has 1 aromatic rings. The molecule has 0 aliphatic heterocycles. The second-order valence-electron chi connectivity index (χ2n) is 5.92. The molecule has 0 spiro atoms. The van der Waals surface area contributed by atoms with Gasteiger partial charge in [0, 0.05) is 12.6 Å². The maximum absolute atomic E-state index is 9.97. The van der Waals surface area contributed by atoms with Crippen LogP contribution in [0.5, 0.6) is 5.88 Å². The Morgan fingerprint density at radius 1 is 1.45 bits per heavy atom. The zero-order valence-corrected chi connectivity index (χ0v) is 13.1. The van der Waals surface area contributed by atoms with Crippen molar-refractivity contribution in [2.45, 2.75) is 51.7 Å². The van der Waals surface area contributed by atoms with Crippen molar-refractivity contribution in [3.8, 4) is 5.88 Å². The van der Waals surface area contributed by atoms with Crippen molar-refractivity contribution in [1.29, 1.82) is 0 Å². The monoisotopic (exact) mass is 299 g/mol. The number of nitrogens with zero attached hydrogens (tertiary/aromatic N) is 2. The normalized spacial score (nSPS) is 24.8. The molecule has 2 N–H and O–H groups in total. The van der Waals surface area contributed by atoms with Crippen molar-refractivity contribution < 1.29 is 9.84 Å². The van der Waals surface area contributed by atoms with Crippen molar-refractivity contribution in [1.82, 2.24) is 14.1 Å². The van der Waals surface area contributed by atoms with Gasteiger partial charge in [-0.15, -0.1) is 4.37 Å². The number of aliphatic hydroxyl groups is 1. The number of nitrogens with one attached hydrogen (secondary N) is 1. The number of ether oxygens (including phenoxy) is 1. The summed E-state index contributed by atoms with van der Waals surface area (Å²) in [7, 11) is 0. The maximum atomic E-state index is 9.97. The minimum Gasteiger partial charge on any atom is -0.473 e.